The van der Waals surface area contributed by atoms with Crippen LogP contribution in [0.2, 0.25) is 0 Å². The largest absolute Gasteiger partial charge is 0.349 e. The van der Waals surface area contributed by atoms with Crippen molar-refractivity contribution < 1.29 is 4.79 Å². The molecule has 0 radical (unpaired) electrons. The molecule has 1 aliphatic heterocycles. The molecule has 0 bridgehead atoms. The number of pyridine rings is 1. The fourth-order valence-electron chi connectivity index (χ4n) is 5.50. The monoisotopic (exact) mass is 419 g/mol. The fraction of sp³-hybridized carbons (Fsp3) is 0.458. The zero-order chi connectivity index (χ0) is 21.4. The average Bonchev–Trinajstić information content (AvgIpc) is 3.35. The Labute approximate surface area is 181 Å². The molecule has 2 aromatic heterocycles. The van der Waals surface area contributed by atoms with Crippen molar-refractivity contribution >= 4 is 16.8 Å². The third kappa shape index (κ3) is 3.78. The molecule has 1 saturated heterocycles. The van der Waals surface area contributed by atoms with Crippen LogP contribution in [0, 0.1) is 5.41 Å². The first-order valence-corrected chi connectivity index (χ1v) is 11.2. The van der Waals surface area contributed by atoms with Crippen LogP contribution in [0.1, 0.15) is 48.3 Å². The Kier molecular flexibility index (Phi) is 5.14. The van der Waals surface area contributed by atoms with E-state index in [1.165, 1.54) is 6.07 Å². The summed E-state index contributed by atoms with van der Waals surface area (Å²) < 4.78 is 2.08. The molecule has 1 aromatic carbocycles. The van der Waals surface area contributed by atoms with Crippen molar-refractivity contribution in [2.45, 2.75) is 44.7 Å². The molecule has 1 amide bonds. The smallest absolute Gasteiger partial charge is 0.252 e. The van der Waals surface area contributed by atoms with Crippen LogP contribution in [0.15, 0.2) is 47.5 Å². The van der Waals surface area contributed by atoms with E-state index in [2.05, 4.69) is 24.8 Å². The van der Waals surface area contributed by atoms with Gasteiger partial charge in [0.15, 0.2) is 0 Å². The van der Waals surface area contributed by atoms with Crippen molar-refractivity contribution in [1.29, 1.82) is 0 Å². The zero-order valence-electron chi connectivity index (χ0n) is 17.9. The molecule has 1 atom stereocenters. The van der Waals surface area contributed by atoms with Crippen LogP contribution in [0.5, 0.6) is 0 Å². The SMILES string of the molecule is Cn1ccnc1CN1CCC2(CCCC2NC(=O)c2cc(=O)[nH]c3ccccc23)CC1. The summed E-state index contributed by atoms with van der Waals surface area (Å²) in [6, 6.07) is 9.07. The Bertz CT molecular complexity index is 1160. The number of carbonyl (C=O) groups is 1. The van der Waals surface area contributed by atoms with Gasteiger partial charge < -0.3 is 14.9 Å². The fourth-order valence-corrected chi connectivity index (χ4v) is 5.50. The highest BCUT2D eigenvalue weighted by Crippen LogP contribution is 2.46. The lowest BCUT2D eigenvalue weighted by atomic mass is 9.74. The average molecular weight is 420 g/mol. The number of hydrogen-bond donors (Lipinski definition) is 2. The van der Waals surface area contributed by atoms with Crippen LogP contribution in [-0.4, -0.2) is 44.5 Å². The molecular formula is C24H29N5O2. The van der Waals surface area contributed by atoms with Gasteiger partial charge in [0.1, 0.15) is 5.82 Å². The number of fused-ring (bicyclic) bond motifs is 1. The molecule has 7 nitrogen and oxygen atoms in total. The predicted molar refractivity (Wildman–Crippen MR) is 120 cm³/mol. The van der Waals surface area contributed by atoms with Gasteiger partial charge in [-0.3, -0.25) is 14.5 Å². The second kappa shape index (κ2) is 7.96. The summed E-state index contributed by atoms with van der Waals surface area (Å²) in [7, 11) is 2.04. The van der Waals surface area contributed by atoms with Gasteiger partial charge in [-0.2, -0.15) is 0 Å². The van der Waals surface area contributed by atoms with Gasteiger partial charge in [-0.05, 0) is 50.3 Å². The van der Waals surface area contributed by atoms with Gasteiger partial charge in [-0.25, -0.2) is 4.98 Å². The second-order valence-corrected chi connectivity index (χ2v) is 9.10. The maximum absolute atomic E-state index is 13.2. The number of para-hydroxylation sites is 1. The molecule has 2 N–H and O–H groups in total. The molecule has 1 unspecified atom stereocenters. The molecule has 1 spiro atoms. The molecular weight excluding hydrogens is 390 g/mol. The second-order valence-electron chi connectivity index (χ2n) is 9.10. The molecule has 2 aliphatic rings. The summed E-state index contributed by atoms with van der Waals surface area (Å²) in [6.07, 6.45) is 9.30. The van der Waals surface area contributed by atoms with E-state index < -0.39 is 0 Å². The first-order valence-electron chi connectivity index (χ1n) is 11.2. The highest BCUT2D eigenvalue weighted by molar-refractivity contribution is 6.06. The topological polar surface area (TPSA) is 83.0 Å². The number of likely N-dealkylation sites (tertiary alicyclic amines) is 1. The van der Waals surface area contributed by atoms with Crippen molar-refractivity contribution in [3.05, 3.63) is 64.5 Å². The van der Waals surface area contributed by atoms with Crippen molar-refractivity contribution in [3.8, 4) is 0 Å². The minimum Gasteiger partial charge on any atom is -0.349 e. The minimum absolute atomic E-state index is 0.135. The molecule has 162 valence electrons. The number of aromatic nitrogens is 3. The third-order valence-corrected chi connectivity index (χ3v) is 7.34. The Morgan fingerprint density at radius 3 is 2.84 bits per heavy atom. The number of hydrogen-bond acceptors (Lipinski definition) is 4. The molecule has 1 saturated carbocycles. The number of amides is 1. The van der Waals surface area contributed by atoms with E-state index in [1.807, 2.05) is 43.7 Å². The Morgan fingerprint density at radius 1 is 1.26 bits per heavy atom. The Hall–Kier alpha value is -2.93. The molecule has 1 aliphatic carbocycles. The number of aryl methyl sites for hydroxylation is 1. The van der Waals surface area contributed by atoms with Gasteiger partial charge >= 0.3 is 0 Å². The number of nitrogens with one attached hydrogen (secondary N) is 2. The van der Waals surface area contributed by atoms with Crippen LogP contribution < -0.4 is 10.9 Å². The number of carbonyl (C=O) groups excluding carboxylic acids is 1. The van der Waals surface area contributed by atoms with E-state index in [-0.39, 0.29) is 22.9 Å². The first-order chi connectivity index (χ1) is 15.0. The molecule has 3 heterocycles. The molecule has 31 heavy (non-hydrogen) atoms. The highest BCUT2D eigenvalue weighted by atomic mass is 16.2. The van der Waals surface area contributed by atoms with Gasteiger partial charge in [-0.15, -0.1) is 0 Å². The highest BCUT2D eigenvalue weighted by Gasteiger charge is 2.45. The normalized spacial score (nSPS) is 21.0. The van der Waals surface area contributed by atoms with Crippen LogP contribution in [-0.2, 0) is 13.6 Å². The van der Waals surface area contributed by atoms with E-state index in [0.29, 0.717) is 11.1 Å². The maximum Gasteiger partial charge on any atom is 0.252 e. The number of rotatable bonds is 4. The lowest BCUT2D eigenvalue weighted by Gasteiger charge is -2.43. The molecule has 3 aromatic rings. The van der Waals surface area contributed by atoms with Crippen molar-refractivity contribution in [2.75, 3.05) is 13.1 Å². The maximum atomic E-state index is 13.2. The number of piperidine rings is 1. The van der Waals surface area contributed by atoms with E-state index in [1.54, 1.807) is 0 Å². The summed E-state index contributed by atoms with van der Waals surface area (Å²) in [6.45, 7) is 2.91. The summed E-state index contributed by atoms with van der Waals surface area (Å²) in [5, 5.41) is 4.11. The van der Waals surface area contributed by atoms with Gasteiger partial charge in [0.2, 0.25) is 5.56 Å². The van der Waals surface area contributed by atoms with E-state index in [0.717, 1.165) is 62.9 Å². The van der Waals surface area contributed by atoms with Crippen LogP contribution in [0.4, 0.5) is 0 Å². The molecule has 2 fully saturated rings. The number of nitrogens with zero attached hydrogens (tertiary/aromatic N) is 3. The standard InChI is InChI=1S/C24H29N5O2/c1-28-14-11-25-21(28)16-29-12-9-24(10-13-29)8-4-7-20(24)27-23(31)18-15-22(30)26-19-6-3-2-5-17(18)19/h2-3,5-6,11,14-15,20H,4,7-10,12-13,16H2,1H3,(H,26,30)(H,27,31). The first kappa shape index (κ1) is 20.0. The number of aromatic amines is 1. The van der Waals surface area contributed by atoms with Gasteiger partial charge in [0.05, 0.1) is 12.1 Å². The van der Waals surface area contributed by atoms with E-state index in [4.69, 9.17) is 0 Å². The summed E-state index contributed by atoms with van der Waals surface area (Å²) in [4.78, 5) is 35.0. The van der Waals surface area contributed by atoms with E-state index >= 15 is 0 Å². The number of benzene rings is 1. The quantitative estimate of drug-likeness (QED) is 0.681. The molecule has 7 heteroatoms. The lowest BCUT2D eigenvalue weighted by molar-refractivity contribution is 0.0675. The zero-order valence-corrected chi connectivity index (χ0v) is 17.9. The summed E-state index contributed by atoms with van der Waals surface area (Å²) >= 11 is 0. The van der Waals surface area contributed by atoms with Crippen LogP contribution >= 0.6 is 0 Å². The minimum atomic E-state index is -0.243. The Balaban J connectivity index is 1.30. The number of H-pyrrole nitrogens is 1. The van der Waals surface area contributed by atoms with Gasteiger partial charge in [0.25, 0.3) is 5.91 Å². The van der Waals surface area contributed by atoms with Gasteiger partial charge in [0, 0.05) is 42.5 Å². The van der Waals surface area contributed by atoms with Crippen molar-refractivity contribution in [2.24, 2.45) is 12.5 Å². The Morgan fingerprint density at radius 2 is 2.06 bits per heavy atom. The summed E-state index contributed by atoms with van der Waals surface area (Å²) in [5.74, 6) is 0.956. The van der Waals surface area contributed by atoms with Crippen LogP contribution in [0.25, 0.3) is 10.9 Å². The van der Waals surface area contributed by atoms with Crippen molar-refractivity contribution in [3.63, 3.8) is 0 Å². The summed E-state index contributed by atoms with van der Waals surface area (Å²) in [5.41, 5.74) is 1.08. The lowest BCUT2D eigenvalue weighted by Crippen LogP contribution is -2.50. The predicted octanol–water partition coefficient (Wildman–Crippen LogP) is 2.83. The van der Waals surface area contributed by atoms with E-state index in [9.17, 15) is 9.59 Å². The number of imidazole rings is 1. The van der Waals surface area contributed by atoms with Crippen molar-refractivity contribution in [1.82, 2.24) is 24.8 Å². The van der Waals surface area contributed by atoms with Gasteiger partial charge in [-0.1, -0.05) is 24.6 Å². The third-order valence-electron chi connectivity index (χ3n) is 7.34. The van der Waals surface area contributed by atoms with Crippen LogP contribution in [0.3, 0.4) is 0 Å². The molecule has 5 rings (SSSR count).